The fourth-order valence-corrected chi connectivity index (χ4v) is 6.88. The summed E-state index contributed by atoms with van der Waals surface area (Å²) in [5.74, 6) is 1.88. The molecule has 0 radical (unpaired) electrons. The quantitative estimate of drug-likeness (QED) is 0.0841. The van der Waals surface area contributed by atoms with E-state index in [-0.39, 0.29) is 19.3 Å². The first-order chi connectivity index (χ1) is 17.9. The summed E-state index contributed by atoms with van der Waals surface area (Å²) in [4.78, 5) is 10.7. The van der Waals surface area contributed by atoms with Crippen LogP contribution in [0.1, 0.15) is 68.4 Å². The molecule has 0 unspecified atom stereocenters. The summed E-state index contributed by atoms with van der Waals surface area (Å²) >= 11 is 9.31. The summed E-state index contributed by atoms with van der Waals surface area (Å²) in [5, 5.41) is 38.4. The molecular formula is C25H36ClN5O4S2. The molecule has 12 heteroatoms. The predicted octanol–water partition coefficient (Wildman–Crippen LogP) is 5.30. The van der Waals surface area contributed by atoms with E-state index in [1.165, 1.54) is 4.88 Å². The zero-order chi connectivity index (χ0) is 26.4. The first-order valence-electron chi connectivity index (χ1n) is 12.9. The zero-order valence-electron chi connectivity index (χ0n) is 21.0. The van der Waals surface area contributed by atoms with Gasteiger partial charge in [0.05, 0.1) is 34.9 Å². The number of aryl methyl sites for hydroxylation is 1. The van der Waals surface area contributed by atoms with Crippen LogP contribution >= 0.6 is 34.7 Å². The molecular weight excluding hydrogens is 534 g/mol. The number of rotatable bonds is 15. The maximum absolute atomic E-state index is 11.0. The molecule has 0 bridgehead atoms. The van der Waals surface area contributed by atoms with E-state index in [1.807, 2.05) is 6.07 Å². The van der Waals surface area contributed by atoms with Gasteiger partial charge < -0.3 is 25.4 Å². The number of nitrogens with one attached hydrogen (secondary N) is 2. The van der Waals surface area contributed by atoms with Crippen LogP contribution in [-0.2, 0) is 11.2 Å². The highest BCUT2D eigenvalue weighted by molar-refractivity contribution is 7.99. The molecule has 2 aliphatic rings. The molecule has 2 aromatic heterocycles. The van der Waals surface area contributed by atoms with Crippen molar-refractivity contribution >= 4 is 46.2 Å². The Hall–Kier alpha value is -1.34. The molecule has 9 nitrogen and oxygen atoms in total. The molecule has 2 heterocycles. The Bertz CT molecular complexity index is 1060. The van der Waals surface area contributed by atoms with Gasteiger partial charge in [0, 0.05) is 22.6 Å². The Labute approximate surface area is 230 Å². The van der Waals surface area contributed by atoms with Gasteiger partial charge in [-0.2, -0.15) is 5.11 Å². The van der Waals surface area contributed by atoms with E-state index in [9.17, 15) is 10.2 Å². The molecule has 2 saturated carbocycles. The number of halogens is 1. The van der Waals surface area contributed by atoms with Gasteiger partial charge in [-0.25, -0.2) is 15.5 Å². The molecule has 0 spiro atoms. The fraction of sp³-hybridized carbons (Fsp3) is 0.680. The third-order valence-electron chi connectivity index (χ3n) is 7.02. The highest BCUT2D eigenvalue weighted by Gasteiger charge is 2.46. The monoisotopic (exact) mass is 569 g/mol. The van der Waals surface area contributed by atoms with Crippen molar-refractivity contribution in [2.45, 2.75) is 93.2 Å². The first-order valence-corrected chi connectivity index (χ1v) is 15.1. The van der Waals surface area contributed by atoms with Crippen LogP contribution in [0.2, 0.25) is 4.34 Å². The maximum Gasteiger partial charge on any atom is 0.189 e. The largest absolute Gasteiger partial charge is 0.394 e. The number of unbranched alkanes of at least 4 members (excludes halogenated alkanes) is 1. The third kappa shape index (κ3) is 7.20. The van der Waals surface area contributed by atoms with Crippen LogP contribution < -0.4 is 5.32 Å². The lowest BCUT2D eigenvalue weighted by molar-refractivity contribution is -0.111. The van der Waals surface area contributed by atoms with Gasteiger partial charge in [-0.05, 0) is 57.1 Å². The Kier molecular flexibility index (Phi) is 10.2. The molecule has 4 rings (SSSR count). The molecule has 0 saturated heterocycles. The second-order valence-electron chi connectivity index (χ2n) is 9.77. The minimum Gasteiger partial charge on any atom is -0.394 e. The number of aliphatic hydroxyl groups is 3. The van der Waals surface area contributed by atoms with Gasteiger partial charge in [0.1, 0.15) is 11.8 Å². The van der Waals surface area contributed by atoms with Crippen molar-refractivity contribution in [2.24, 2.45) is 5.11 Å². The molecule has 0 aromatic carbocycles. The van der Waals surface area contributed by atoms with Gasteiger partial charge in [0.2, 0.25) is 0 Å². The van der Waals surface area contributed by atoms with Crippen molar-refractivity contribution in [3.63, 3.8) is 0 Å². The lowest BCUT2D eigenvalue weighted by Gasteiger charge is -2.28. The highest BCUT2D eigenvalue weighted by Crippen LogP contribution is 2.47. The number of hydrogen-bond donors (Lipinski definition) is 5. The Balaban J connectivity index is 1.39. The van der Waals surface area contributed by atoms with Crippen molar-refractivity contribution in [1.82, 2.24) is 9.97 Å². The van der Waals surface area contributed by atoms with Gasteiger partial charge in [-0.3, -0.25) is 0 Å². The predicted molar refractivity (Wildman–Crippen MR) is 147 cm³/mol. The Morgan fingerprint density at radius 2 is 2.19 bits per heavy atom. The van der Waals surface area contributed by atoms with E-state index in [1.54, 1.807) is 23.1 Å². The van der Waals surface area contributed by atoms with E-state index >= 15 is 0 Å². The maximum atomic E-state index is 11.0. The van der Waals surface area contributed by atoms with E-state index in [2.05, 4.69) is 23.4 Å². The molecule has 37 heavy (non-hydrogen) atoms. The molecule has 5 N–H and O–H groups in total. The van der Waals surface area contributed by atoms with Gasteiger partial charge in [0.25, 0.3) is 0 Å². The number of nitrogens with zero attached hydrogens (tertiary/aromatic N) is 3. The molecule has 2 aliphatic carbocycles. The number of aromatic nitrogens is 2. The third-order valence-corrected chi connectivity index (χ3v) is 9.43. The van der Waals surface area contributed by atoms with Crippen molar-refractivity contribution in [2.75, 3.05) is 24.3 Å². The number of thiophene rings is 1. The molecule has 2 aromatic rings. The van der Waals surface area contributed by atoms with E-state index in [0.29, 0.717) is 54.7 Å². The van der Waals surface area contributed by atoms with Crippen molar-refractivity contribution in [1.29, 1.82) is 5.53 Å². The standard InChI is InChI=1S/C25H36ClN5O4S2/c1-2-13-36-24-29-16(5-3-4-9-25(34)10-8-18(22(25)33)35-12-11-32)21(31-27)23(30-24)28-17-14-15(17)19-6-7-20(26)37-19/h6-7,15,17-18,22,27,32-34H,2-5,8-14H2,1H3,(H,28,29,30)/t15-,17-,18+,22-,25-/m1/s1. The zero-order valence-corrected chi connectivity index (χ0v) is 23.4. The summed E-state index contributed by atoms with van der Waals surface area (Å²) in [7, 11) is 0. The van der Waals surface area contributed by atoms with Crippen LogP contribution in [0.15, 0.2) is 22.4 Å². The van der Waals surface area contributed by atoms with Crippen molar-refractivity contribution in [3.8, 4) is 0 Å². The minimum absolute atomic E-state index is 0.108. The second-order valence-corrected chi connectivity index (χ2v) is 12.6. The average Bonchev–Trinajstić information content (AvgIpc) is 3.42. The highest BCUT2D eigenvalue weighted by atomic mass is 35.5. The van der Waals surface area contributed by atoms with Crippen LogP contribution in [0.25, 0.3) is 0 Å². The summed E-state index contributed by atoms with van der Waals surface area (Å²) in [6.45, 7) is 2.16. The van der Waals surface area contributed by atoms with Crippen molar-refractivity contribution < 1.29 is 20.1 Å². The molecule has 5 atom stereocenters. The van der Waals surface area contributed by atoms with Gasteiger partial charge in [-0.1, -0.05) is 36.7 Å². The first kappa shape index (κ1) is 28.7. The van der Waals surface area contributed by atoms with Crippen LogP contribution in [-0.4, -0.2) is 68.1 Å². The van der Waals surface area contributed by atoms with Crippen LogP contribution in [0, 0.1) is 5.53 Å². The summed E-state index contributed by atoms with van der Waals surface area (Å²) in [6, 6.07) is 4.22. The van der Waals surface area contributed by atoms with Crippen molar-refractivity contribution in [3.05, 3.63) is 27.0 Å². The SMILES string of the molecule is CCCSc1nc(CCCC[C@@]2(O)CC[C@H](OCCO)[C@H]2O)c(N=N)c(N[C@@H]2C[C@H]2c2ccc(Cl)s2)n1. The van der Waals surface area contributed by atoms with Crippen LogP contribution in [0.5, 0.6) is 0 Å². The number of aliphatic hydroxyl groups excluding tert-OH is 2. The summed E-state index contributed by atoms with van der Waals surface area (Å²) in [5.41, 5.74) is 7.85. The van der Waals surface area contributed by atoms with Crippen LogP contribution in [0.3, 0.4) is 0 Å². The second kappa shape index (κ2) is 13.1. The topological polar surface area (TPSA) is 144 Å². The minimum atomic E-state index is -1.19. The smallest absolute Gasteiger partial charge is 0.189 e. The normalized spacial score (nSPS) is 26.9. The van der Waals surface area contributed by atoms with Gasteiger partial charge >= 0.3 is 0 Å². The summed E-state index contributed by atoms with van der Waals surface area (Å²) < 4.78 is 6.26. The van der Waals surface area contributed by atoms with Gasteiger partial charge in [-0.15, -0.1) is 11.3 Å². The van der Waals surface area contributed by atoms with Gasteiger partial charge in [0.15, 0.2) is 11.0 Å². The summed E-state index contributed by atoms with van der Waals surface area (Å²) in [6.07, 6.45) is 4.07. The number of ether oxygens (including phenoxy) is 1. The Morgan fingerprint density at radius 1 is 1.35 bits per heavy atom. The number of hydrogen-bond acceptors (Lipinski definition) is 11. The average molecular weight is 570 g/mol. The lowest BCUT2D eigenvalue weighted by Crippen LogP contribution is -2.43. The molecule has 2 fully saturated rings. The molecule has 0 aliphatic heterocycles. The fourth-order valence-electron chi connectivity index (χ4n) is 4.92. The Morgan fingerprint density at radius 3 is 2.89 bits per heavy atom. The van der Waals surface area contributed by atoms with E-state index in [0.717, 1.165) is 35.0 Å². The number of anilines is 1. The lowest BCUT2D eigenvalue weighted by atomic mass is 9.92. The van der Waals surface area contributed by atoms with Crippen LogP contribution in [0.4, 0.5) is 11.5 Å². The van der Waals surface area contributed by atoms with E-state index < -0.39 is 17.8 Å². The van der Waals surface area contributed by atoms with E-state index in [4.69, 9.17) is 36.9 Å². The number of thioether (sulfide) groups is 1. The molecule has 0 amide bonds. The molecule has 204 valence electrons.